The summed E-state index contributed by atoms with van der Waals surface area (Å²) in [5.74, 6) is -1.07. The van der Waals surface area contributed by atoms with Gasteiger partial charge in [-0.05, 0) is 85.3 Å². The maximum Gasteiger partial charge on any atom is 0.333 e. The molecule has 11 atom stereocenters. The Labute approximate surface area is 367 Å². The van der Waals surface area contributed by atoms with Crippen LogP contribution in [-0.2, 0) is 25.5 Å². The molecular weight excluding hydrogens is 811 g/mol. The van der Waals surface area contributed by atoms with Crippen molar-refractivity contribution in [3.63, 3.8) is 0 Å². The lowest BCUT2D eigenvalue weighted by Crippen LogP contribution is -2.78. The number of anilines is 1. The number of imidazole rings is 1. The van der Waals surface area contributed by atoms with Crippen LogP contribution in [-0.4, -0.2) is 108 Å². The zero-order valence-corrected chi connectivity index (χ0v) is 37.5. The predicted octanol–water partition coefficient (Wildman–Crippen LogP) is 5.11. The minimum atomic E-state index is -2.20. The topological polar surface area (TPSA) is 211 Å². The van der Waals surface area contributed by atoms with Crippen LogP contribution in [0.3, 0.4) is 0 Å². The van der Waals surface area contributed by atoms with Crippen molar-refractivity contribution >= 4 is 29.5 Å². The molecule has 15 heteroatoms. The number of Topliss-reactive ketones (excluding diaryl/α,β-unsaturated/α-hetero) is 1. The van der Waals surface area contributed by atoms with Crippen LogP contribution in [0.15, 0.2) is 59.0 Å². The lowest BCUT2D eigenvalue weighted by molar-refractivity contribution is -0.277. The van der Waals surface area contributed by atoms with E-state index in [2.05, 4.69) is 16.4 Å². The molecule has 9 rings (SSSR count). The summed E-state index contributed by atoms with van der Waals surface area (Å²) in [6.45, 7) is 15.0. The number of fused-ring (bicyclic) bond motifs is 6. The minimum absolute atomic E-state index is 0.125. The minimum Gasteiger partial charge on any atom is -0.482 e. The Morgan fingerprint density at radius 2 is 1.78 bits per heavy atom. The lowest BCUT2D eigenvalue weighted by atomic mass is 9.46. The number of aliphatic hydroxyl groups is 5. The van der Waals surface area contributed by atoms with Gasteiger partial charge in [0, 0.05) is 47.4 Å². The fourth-order valence-corrected chi connectivity index (χ4v) is 10.6. The van der Waals surface area contributed by atoms with Crippen molar-refractivity contribution in [1.82, 2.24) is 9.55 Å². The van der Waals surface area contributed by atoms with Crippen molar-refractivity contribution in [3.05, 3.63) is 75.7 Å². The zero-order chi connectivity index (χ0) is 45.5. The van der Waals surface area contributed by atoms with E-state index >= 15 is 4.79 Å². The van der Waals surface area contributed by atoms with Gasteiger partial charge in [0.25, 0.3) is 0 Å². The first-order valence-electron chi connectivity index (χ1n) is 21.9. The number of ether oxygens (including phenoxy) is 5. The number of hydrogen-bond acceptors (Lipinski definition) is 14. The molecule has 63 heavy (non-hydrogen) atoms. The van der Waals surface area contributed by atoms with Crippen molar-refractivity contribution in [2.45, 2.75) is 141 Å². The van der Waals surface area contributed by atoms with E-state index in [1.807, 2.05) is 71.3 Å². The van der Waals surface area contributed by atoms with E-state index < -0.39 is 83.7 Å². The molecule has 3 aliphatic carbocycles. The summed E-state index contributed by atoms with van der Waals surface area (Å²) in [6, 6.07) is -0.650. The van der Waals surface area contributed by atoms with Crippen LogP contribution in [0.2, 0.25) is 0 Å². The number of nitrogens with one attached hydrogen (secondary N) is 1. The van der Waals surface area contributed by atoms with Gasteiger partial charge in [0.1, 0.15) is 47.3 Å². The Morgan fingerprint density at radius 3 is 2.44 bits per heavy atom. The number of esters is 1. The summed E-state index contributed by atoms with van der Waals surface area (Å²) in [6.07, 6.45) is 6.81. The Hall–Kier alpha value is -4.77. The Kier molecular flexibility index (Phi) is 11.6. The van der Waals surface area contributed by atoms with Crippen LogP contribution >= 0.6 is 0 Å². The van der Waals surface area contributed by atoms with Crippen molar-refractivity contribution < 1.29 is 58.8 Å². The molecule has 6 unspecified atom stereocenters. The van der Waals surface area contributed by atoms with Gasteiger partial charge in [-0.2, -0.15) is 0 Å². The van der Waals surface area contributed by atoms with Gasteiger partial charge >= 0.3 is 5.97 Å². The summed E-state index contributed by atoms with van der Waals surface area (Å²) in [7, 11) is 1.27. The van der Waals surface area contributed by atoms with Gasteiger partial charge in [-0.25, -0.2) is 9.78 Å². The summed E-state index contributed by atoms with van der Waals surface area (Å²) < 4.78 is 34.4. The SMILES string of the molecule is COC(=O)/C(C)=C\CC1(O)C(=O)C2CC(C(C)C)C13Oc1c(CC=C(C)C)c4c(c(O[C@H]5O[C@@H](CO)[C@H](O)[C@@H](O)[C@@H]5O)c1C1=C3C2n2ccnc2N1)C=CC(C)(CCC=C(C)C)O4. The van der Waals surface area contributed by atoms with Crippen molar-refractivity contribution in [3.8, 4) is 17.2 Å². The quantitative estimate of drug-likeness (QED) is 0.0931. The summed E-state index contributed by atoms with van der Waals surface area (Å²) in [5.41, 5.74) is 0.201. The van der Waals surface area contributed by atoms with E-state index in [0.29, 0.717) is 58.9 Å². The molecule has 15 nitrogen and oxygen atoms in total. The molecule has 0 radical (unpaired) electrons. The number of allylic oxidation sites excluding steroid dienone is 4. The molecule has 1 aromatic carbocycles. The molecule has 340 valence electrons. The van der Waals surface area contributed by atoms with Crippen molar-refractivity contribution in [2.24, 2.45) is 17.8 Å². The highest BCUT2D eigenvalue weighted by Gasteiger charge is 2.76. The second-order valence-corrected chi connectivity index (χ2v) is 19.0. The number of rotatable bonds is 12. The summed E-state index contributed by atoms with van der Waals surface area (Å²) in [4.78, 5) is 32.7. The maximum absolute atomic E-state index is 15.2. The zero-order valence-electron chi connectivity index (χ0n) is 37.5. The van der Waals surface area contributed by atoms with Crippen LogP contribution < -0.4 is 19.5 Å². The highest BCUT2D eigenvalue weighted by molar-refractivity contribution is 6.02. The molecule has 6 N–H and O–H groups in total. The fraction of sp³-hybridized carbons (Fsp3) is 0.562. The van der Waals surface area contributed by atoms with Crippen LogP contribution in [0.25, 0.3) is 11.8 Å². The molecule has 1 spiro atoms. The third-order valence-corrected chi connectivity index (χ3v) is 13.9. The first-order valence-corrected chi connectivity index (χ1v) is 21.9. The molecule has 3 saturated carbocycles. The first-order chi connectivity index (χ1) is 29.8. The van der Waals surface area contributed by atoms with Crippen molar-refractivity contribution in [1.29, 1.82) is 0 Å². The van der Waals surface area contributed by atoms with E-state index in [1.54, 1.807) is 25.4 Å². The Balaban J connectivity index is 1.46. The summed E-state index contributed by atoms with van der Waals surface area (Å²) in [5, 5.41) is 60.4. The summed E-state index contributed by atoms with van der Waals surface area (Å²) >= 11 is 0. The van der Waals surface area contributed by atoms with E-state index in [9.17, 15) is 30.3 Å². The number of benzene rings is 1. The standard InChI is InChI=1S/C48H61N3O12/c1-23(2)11-10-16-46(8)17-15-28-39(62-46)27(13-12-24(3)4)41-32(40(28)61-44-38(55)37(54)36(53)31(22-52)60-44)34-33-35(51-20-19-49-45(51)50-34)29-21-30(25(5)6)48(33,63-41)47(58,42(29)56)18-14-26(7)43(57)59-9/h11-12,14-15,17,19-20,25,29-31,35-38,44,52-55,58H,10,13,16,18,21-22H2,1-9H3,(H,49,50)/b26-14-/t29?,30?,31-,35?,36-,37+,38-,44+,46?,47?,48?/m0/s1. The second-order valence-electron chi connectivity index (χ2n) is 19.0. The molecule has 1 aromatic heterocycles. The number of methoxy groups -OCH3 is 1. The number of aromatic nitrogens is 2. The molecule has 7 aliphatic rings. The average molecular weight is 872 g/mol. The third-order valence-electron chi connectivity index (χ3n) is 13.9. The first kappa shape index (κ1) is 44.8. The largest absolute Gasteiger partial charge is 0.482 e. The third kappa shape index (κ3) is 6.97. The van der Waals surface area contributed by atoms with Gasteiger partial charge in [0.05, 0.1) is 36.6 Å². The number of carbonyl (C=O) groups is 2. The van der Waals surface area contributed by atoms with E-state index in [4.69, 9.17) is 23.7 Å². The smallest absolute Gasteiger partial charge is 0.333 e. The van der Waals surface area contributed by atoms with E-state index in [0.717, 1.165) is 12.0 Å². The normalized spacial score (nSPS) is 33.6. The van der Waals surface area contributed by atoms with Crippen LogP contribution in [0.5, 0.6) is 17.2 Å². The Bertz CT molecular complexity index is 2350. The van der Waals surface area contributed by atoms with Crippen LogP contribution in [0, 0.1) is 17.8 Å². The maximum atomic E-state index is 15.2. The molecule has 2 aromatic rings. The number of aliphatic hydroxyl groups excluding tert-OH is 4. The molecular formula is C48H61N3O12. The van der Waals surface area contributed by atoms with Gasteiger partial charge in [-0.15, -0.1) is 0 Å². The molecule has 5 heterocycles. The van der Waals surface area contributed by atoms with Crippen LogP contribution in [0.1, 0.15) is 104 Å². The highest BCUT2D eigenvalue weighted by Crippen LogP contribution is 2.69. The highest BCUT2D eigenvalue weighted by atomic mass is 16.7. The lowest BCUT2D eigenvalue weighted by Gasteiger charge is -2.66. The average Bonchev–Trinajstić information content (AvgIpc) is 3.72. The van der Waals surface area contributed by atoms with Gasteiger partial charge in [-0.3, -0.25) is 4.79 Å². The number of nitrogens with zero attached hydrogens (tertiary/aromatic N) is 2. The van der Waals surface area contributed by atoms with E-state index in [-0.39, 0.29) is 29.4 Å². The molecule has 4 fully saturated rings. The molecule has 1 saturated heterocycles. The number of ketones is 1. The monoisotopic (exact) mass is 871 g/mol. The molecule has 4 aliphatic heterocycles. The second kappa shape index (κ2) is 16.3. The molecule has 0 amide bonds. The Morgan fingerprint density at radius 1 is 1.05 bits per heavy atom. The fourth-order valence-electron chi connectivity index (χ4n) is 10.6. The van der Waals surface area contributed by atoms with Crippen LogP contribution in [0.4, 0.5) is 5.95 Å². The number of hydrogen-bond donors (Lipinski definition) is 6. The van der Waals surface area contributed by atoms with Gasteiger partial charge < -0.3 is 59.1 Å². The van der Waals surface area contributed by atoms with Gasteiger partial charge in [0.15, 0.2) is 17.0 Å². The van der Waals surface area contributed by atoms with Gasteiger partial charge in [-0.1, -0.05) is 43.2 Å². The van der Waals surface area contributed by atoms with Crippen molar-refractivity contribution in [2.75, 3.05) is 19.0 Å². The van der Waals surface area contributed by atoms with E-state index in [1.165, 1.54) is 12.7 Å². The molecule has 2 bridgehead atoms. The number of carbonyl (C=O) groups excluding carboxylic acids is 2. The predicted molar refractivity (Wildman–Crippen MR) is 233 cm³/mol. The van der Waals surface area contributed by atoms with Gasteiger partial charge in [0.2, 0.25) is 12.2 Å².